The van der Waals surface area contributed by atoms with Crippen LogP contribution in [0.5, 0.6) is 0 Å². The summed E-state index contributed by atoms with van der Waals surface area (Å²) in [5, 5.41) is 6.96. The molecule has 1 amide bonds. The van der Waals surface area contributed by atoms with Crippen LogP contribution in [0.15, 0.2) is 67.0 Å². The summed E-state index contributed by atoms with van der Waals surface area (Å²) in [5.74, 6) is 0.0191. The molecule has 1 aliphatic rings. The van der Waals surface area contributed by atoms with Crippen LogP contribution in [0, 0.1) is 5.82 Å². The van der Waals surface area contributed by atoms with Crippen LogP contribution in [0.25, 0.3) is 16.7 Å². The number of rotatable bonds is 7. The number of nitrogens with zero attached hydrogens (tertiary/aromatic N) is 4. The summed E-state index contributed by atoms with van der Waals surface area (Å²) in [6, 6.07) is 15.4. The smallest absolute Gasteiger partial charge is 0.251 e. The van der Waals surface area contributed by atoms with Crippen molar-refractivity contribution in [3.05, 3.63) is 78.4 Å². The number of hydrogen-bond acceptors (Lipinski definition) is 6. The average molecular weight is 461 g/mol. The fourth-order valence-electron chi connectivity index (χ4n) is 3.88. The lowest BCUT2D eigenvalue weighted by atomic mass is 10.2. The molecular formula is C25H25FN6O2. The standard InChI is InChI=1S/C25H25FN6O2/c26-20-3-5-21(6-4-20)29-25-28-17-19-9-11-32(23(19)30-25)22-7-1-18(2-8-22)24(33)27-10-12-31-13-15-34-16-14-31/h1-9,11,17H,10,12-16H2,(H,27,33)(H,28,29,30). The Kier molecular flexibility index (Phi) is 6.46. The number of benzene rings is 2. The summed E-state index contributed by atoms with van der Waals surface area (Å²) in [6.45, 7) is 4.72. The van der Waals surface area contributed by atoms with Gasteiger partial charge in [0.15, 0.2) is 0 Å². The largest absolute Gasteiger partial charge is 0.379 e. The first-order chi connectivity index (χ1) is 16.7. The number of carbonyl (C=O) groups is 1. The third-order valence-corrected chi connectivity index (χ3v) is 5.75. The fraction of sp³-hybridized carbons (Fsp3) is 0.240. The molecule has 0 radical (unpaired) electrons. The minimum atomic E-state index is -0.301. The summed E-state index contributed by atoms with van der Waals surface area (Å²) in [7, 11) is 0. The third-order valence-electron chi connectivity index (χ3n) is 5.75. The van der Waals surface area contributed by atoms with Crippen LogP contribution >= 0.6 is 0 Å². The molecule has 5 rings (SSSR count). The van der Waals surface area contributed by atoms with Crippen molar-refractivity contribution in [1.29, 1.82) is 0 Å². The lowest BCUT2D eigenvalue weighted by Gasteiger charge is -2.26. The molecule has 9 heteroatoms. The van der Waals surface area contributed by atoms with Crippen LogP contribution < -0.4 is 10.6 Å². The Morgan fingerprint density at radius 3 is 2.56 bits per heavy atom. The Bertz CT molecular complexity index is 1270. The van der Waals surface area contributed by atoms with Gasteiger partial charge in [-0.2, -0.15) is 4.98 Å². The molecule has 1 saturated heterocycles. The van der Waals surface area contributed by atoms with Crippen molar-refractivity contribution in [2.75, 3.05) is 44.7 Å². The molecular weight excluding hydrogens is 435 g/mol. The lowest BCUT2D eigenvalue weighted by molar-refractivity contribution is 0.0383. The van der Waals surface area contributed by atoms with E-state index in [-0.39, 0.29) is 11.7 Å². The highest BCUT2D eigenvalue weighted by molar-refractivity contribution is 5.94. The van der Waals surface area contributed by atoms with Crippen molar-refractivity contribution < 1.29 is 13.9 Å². The van der Waals surface area contributed by atoms with Gasteiger partial charge in [-0.1, -0.05) is 0 Å². The van der Waals surface area contributed by atoms with Crippen molar-refractivity contribution in [3.63, 3.8) is 0 Å². The second-order valence-electron chi connectivity index (χ2n) is 8.05. The van der Waals surface area contributed by atoms with E-state index in [0.29, 0.717) is 23.7 Å². The quantitative estimate of drug-likeness (QED) is 0.440. The molecule has 1 aliphatic heterocycles. The van der Waals surface area contributed by atoms with Gasteiger partial charge in [-0.25, -0.2) is 9.37 Å². The Balaban J connectivity index is 1.26. The number of anilines is 2. The first kappa shape index (κ1) is 22.0. The Morgan fingerprint density at radius 1 is 1.03 bits per heavy atom. The lowest BCUT2D eigenvalue weighted by Crippen LogP contribution is -2.41. The molecule has 34 heavy (non-hydrogen) atoms. The van der Waals surface area contributed by atoms with Crippen LogP contribution in [0.2, 0.25) is 0 Å². The number of ether oxygens (including phenoxy) is 1. The third kappa shape index (κ3) is 5.05. The fourth-order valence-corrected chi connectivity index (χ4v) is 3.88. The molecule has 174 valence electrons. The zero-order valence-corrected chi connectivity index (χ0v) is 18.6. The van der Waals surface area contributed by atoms with Gasteiger partial charge in [-0.05, 0) is 54.6 Å². The van der Waals surface area contributed by atoms with Crippen LogP contribution in [0.1, 0.15) is 10.4 Å². The number of aromatic nitrogens is 3. The normalized spacial score (nSPS) is 14.3. The summed E-state index contributed by atoms with van der Waals surface area (Å²) < 4.78 is 20.4. The minimum Gasteiger partial charge on any atom is -0.379 e. The summed E-state index contributed by atoms with van der Waals surface area (Å²) in [6.07, 6.45) is 3.65. The summed E-state index contributed by atoms with van der Waals surface area (Å²) in [5.41, 5.74) is 2.91. The van der Waals surface area contributed by atoms with Gasteiger partial charge >= 0.3 is 0 Å². The number of nitrogens with one attached hydrogen (secondary N) is 2. The molecule has 0 unspecified atom stereocenters. The van der Waals surface area contributed by atoms with E-state index in [4.69, 9.17) is 4.74 Å². The molecule has 4 aromatic rings. The van der Waals surface area contributed by atoms with Gasteiger partial charge in [0.25, 0.3) is 5.91 Å². The molecule has 3 heterocycles. The van der Waals surface area contributed by atoms with Gasteiger partial charge in [0, 0.05) is 60.9 Å². The van der Waals surface area contributed by atoms with Crippen LogP contribution in [0.4, 0.5) is 16.0 Å². The van der Waals surface area contributed by atoms with Crippen LogP contribution in [0.3, 0.4) is 0 Å². The van der Waals surface area contributed by atoms with Crippen molar-refractivity contribution in [2.24, 2.45) is 0 Å². The van der Waals surface area contributed by atoms with Gasteiger partial charge in [-0.15, -0.1) is 0 Å². The second kappa shape index (κ2) is 9.98. The molecule has 0 spiro atoms. The van der Waals surface area contributed by atoms with Gasteiger partial charge in [0.2, 0.25) is 5.95 Å². The minimum absolute atomic E-state index is 0.0923. The average Bonchev–Trinajstić information content (AvgIpc) is 3.29. The molecule has 0 atom stereocenters. The molecule has 2 N–H and O–H groups in total. The van der Waals surface area contributed by atoms with Gasteiger partial charge in [-0.3, -0.25) is 9.69 Å². The Labute approximate surface area is 196 Å². The second-order valence-corrected chi connectivity index (χ2v) is 8.05. The van der Waals surface area contributed by atoms with Crippen LogP contribution in [-0.2, 0) is 4.74 Å². The molecule has 2 aromatic carbocycles. The number of halogens is 1. The van der Waals surface area contributed by atoms with E-state index in [1.54, 1.807) is 18.3 Å². The number of amides is 1. The van der Waals surface area contributed by atoms with E-state index in [1.807, 2.05) is 41.1 Å². The highest BCUT2D eigenvalue weighted by Gasteiger charge is 2.12. The van der Waals surface area contributed by atoms with Crippen molar-refractivity contribution in [3.8, 4) is 5.69 Å². The maximum Gasteiger partial charge on any atom is 0.251 e. The predicted molar refractivity (Wildman–Crippen MR) is 128 cm³/mol. The number of morpholine rings is 1. The summed E-state index contributed by atoms with van der Waals surface area (Å²) in [4.78, 5) is 23.8. The monoisotopic (exact) mass is 460 g/mol. The number of hydrogen-bond donors (Lipinski definition) is 2. The molecule has 0 bridgehead atoms. The first-order valence-corrected chi connectivity index (χ1v) is 11.2. The Morgan fingerprint density at radius 2 is 1.79 bits per heavy atom. The van der Waals surface area contributed by atoms with Gasteiger partial charge < -0.3 is 19.9 Å². The van der Waals surface area contributed by atoms with E-state index in [9.17, 15) is 9.18 Å². The molecule has 2 aromatic heterocycles. The van der Waals surface area contributed by atoms with Gasteiger partial charge in [0.1, 0.15) is 11.5 Å². The summed E-state index contributed by atoms with van der Waals surface area (Å²) >= 11 is 0. The van der Waals surface area contributed by atoms with Crippen LogP contribution in [-0.4, -0.2) is 64.7 Å². The van der Waals surface area contributed by atoms with E-state index in [2.05, 4.69) is 25.5 Å². The SMILES string of the molecule is O=C(NCCN1CCOCC1)c1ccc(-n2ccc3cnc(Nc4ccc(F)cc4)nc32)cc1. The molecule has 1 fully saturated rings. The van der Waals surface area contributed by atoms with Gasteiger partial charge in [0.05, 0.1) is 13.2 Å². The maximum absolute atomic E-state index is 13.2. The topological polar surface area (TPSA) is 84.3 Å². The maximum atomic E-state index is 13.2. The first-order valence-electron chi connectivity index (χ1n) is 11.2. The van der Waals surface area contributed by atoms with E-state index >= 15 is 0 Å². The highest BCUT2D eigenvalue weighted by atomic mass is 19.1. The van der Waals surface area contributed by atoms with E-state index < -0.39 is 0 Å². The predicted octanol–water partition coefficient (Wildman–Crippen LogP) is 3.37. The number of fused-ring (bicyclic) bond motifs is 1. The van der Waals surface area contributed by atoms with E-state index in [1.165, 1.54) is 12.1 Å². The molecule has 0 saturated carbocycles. The zero-order chi connectivity index (χ0) is 23.3. The Hall–Kier alpha value is -3.82. The van der Waals surface area contributed by atoms with Crippen molar-refractivity contribution >= 4 is 28.6 Å². The molecule has 0 aliphatic carbocycles. The zero-order valence-electron chi connectivity index (χ0n) is 18.6. The van der Waals surface area contributed by atoms with E-state index in [0.717, 1.165) is 49.6 Å². The van der Waals surface area contributed by atoms with Crippen molar-refractivity contribution in [1.82, 2.24) is 24.8 Å². The molecule has 8 nitrogen and oxygen atoms in total. The number of carbonyl (C=O) groups excluding carboxylic acids is 1. The highest BCUT2D eigenvalue weighted by Crippen LogP contribution is 2.21. The van der Waals surface area contributed by atoms with Crippen molar-refractivity contribution in [2.45, 2.75) is 0 Å².